The normalized spacial score (nSPS) is 11.6. The molecule has 0 aliphatic carbocycles. The zero-order chi connectivity index (χ0) is 18.0. The van der Waals surface area contributed by atoms with Crippen LogP contribution in [0, 0.1) is 0 Å². The van der Waals surface area contributed by atoms with Crippen molar-refractivity contribution < 1.29 is 13.2 Å². The molecule has 0 fully saturated rings. The highest BCUT2D eigenvalue weighted by Gasteiger charge is 2.14. The van der Waals surface area contributed by atoms with Crippen molar-refractivity contribution >= 4 is 27.1 Å². The number of ketones is 1. The maximum atomic E-state index is 12.4. The van der Waals surface area contributed by atoms with Gasteiger partial charge in [-0.25, -0.2) is 13.1 Å². The largest absolute Gasteiger partial charge is 0.294 e. The van der Waals surface area contributed by atoms with Gasteiger partial charge in [0.2, 0.25) is 10.0 Å². The lowest BCUT2D eigenvalue weighted by Crippen LogP contribution is -2.23. The first-order valence-electron chi connectivity index (χ1n) is 7.53. The van der Waals surface area contributed by atoms with Gasteiger partial charge in [-0.15, -0.1) is 11.3 Å². The molecular weight excluding hydrogens is 358 g/mol. The Morgan fingerprint density at radius 3 is 2.48 bits per heavy atom. The van der Waals surface area contributed by atoms with Crippen molar-refractivity contribution in [1.29, 1.82) is 0 Å². The van der Waals surface area contributed by atoms with Crippen molar-refractivity contribution in [2.24, 2.45) is 7.05 Å². The summed E-state index contributed by atoms with van der Waals surface area (Å²) in [5.74, 6) is 0.0232. The summed E-state index contributed by atoms with van der Waals surface area (Å²) in [6, 6.07) is 10.3. The minimum atomic E-state index is -3.59. The summed E-state index contributed by atoms with van der Waals surface area (Å²) >= 11 is 1.39. The van der Waals surface area contributed by atoms with Crippen LogP contribution in [-0.2, 0) is 23.6 Å². The number of hydrogen-bond acceptors (Lipinski definition) is 5. The van der Waals surface area contributed by atoms with Crippen molar-refractivity contribution in [3.05, 3.63) is 59.2 Å². The summed E-state index contributed by atoms with van der Waals surface area (Å²) in [4.78, 5) is 13.2. The molecule has 3 aromatic rings. The van der Waals surface area contributed by atoms with Gasteiger partial charge in [-0.2, -0.15) is 5.10 Å². The zero-order valence-electron chi connectivity index (χ0n) is 13.8. The third-order valence-corrected chi connectivity index (χ3v) is 6.28. The van der Waals surface area contributed by atoms with E-state index in [4.69, 9.17) is 0 Å². The van der Waals surface area contributed by atoms with Gasteiger partial charge < -0.3 is 0 Å². The molecule has 0 aliphatic heterocycles. The molecule has 0 bridgehead atoms. The van der Waals surface area contributed by atoms with Gasteiger partial charge in [-0.05, 0) is 36.8 Å². The number of carbonyl (C=O) groups is 1. The number of nitrogens with one attached hydrogen (secondary N) is 1. The van der Waals surface area contributed by atoms with Crippen LogP contribution in [0.25, 0.3) is 10.4 Å². The maximum absolute atomic E-state index is 12.4. The lowest BCUT2D eigenvalue weighted by Gasteiger charge is -2.06. The number of hydrogen-bond donors (Lipinski definition) is 1. The first-order valence-corrected chi connectivity index (χ1v) is 9.83. The van der Waals surface area contributed by atoms with Crippen LogP contribution in [0.2, 0.25) is 0 Å². The number of thiophene rings is 1. The number of nitrogens with zero attached hydrogens (tertiary/aromatic N) is 2. The van der Waals surface area contributed by atoms with E-state index in [0.29, 0.717) is 4.88 Å². The Balaban J connectivity index is 1.75. The van der Waals surface area contributed by atoms with E-state index in [1.165, 1.54) is 18.3 Å². The van der Waals surface area contributed by atoms with Gasteiger partial charge in [0.15, 0.2) is 5.78 Å². The molecule has 2 aromatic heterocycles. The van der Waals surface area contributed by atoms with Crippen molar-refractivity contribution in [3.8, 4) is 10.4 Å². The maximum Gasteiger partial charge on any atom is 0.240 e. The zero-order valence-corrected chi connectivity index (χ0v) is 15.4. The van der Waals surface area contributed by atoms with Gasteiger partial charge in [0.25, 0.3) is 0 Å². The van der Waals surface area contributed by atoms with Crippen LogP contribution in [0.3, 0.4) is 0 Å². The summed E-state index contributed by atoms with van der Waals surface area (Å²) in [5, 5.41) is 4.01. The number of rotatable bonds is 6. The fourth-order valence-corrected chi connectivity index (χ4v) is 4.23. The van der Waals surface area contributed by atoms with E-state index >= 15 is 0 Å². The van der Waals surface area contributed by atoms with Gasteiger partial charge >= 0.3 is 0 Å². The Hall–Kier alpha value is -2.29. The summed E-state index contributed by atoms with van der Waals surface area (Å²) in [5.41, 5.74) is 1.67. The third kappa shape index (κ3) is 4.04. The molecule has 0 amide bonds. The molecule has 0 aliphatic rings. The topological polar surface area (TPSA) is 81.1 Å². The summed E-state index contributed by atoms with van der Waals surface area (Å²) in [6.07, 6.45) is 3.38. The second kappa shape index (κ2) is 6.91. The summed E-state index contributed by atoms with van der Waals surface area (Å²) in [7, 11) is -1.82. The van der Waals surface area contributed by atoms with Crippen molar-refractivity contribution in [1.82, 2.24) is 14.5 Å². The molecule has 0 saturated heterocycles. The lowest BCUT2D eigenvalue weighted by molar-refractivity contribution is 0.102. The van der Waals surface area contributed by atoms with E-state index in [1.54, 1.807) is 54.5 Å². The number of benzene rings is 1. The van der Waals surface area contributed by atoms with E-state index in [-0.39, 0.29) is 17.2 Å². The third-order valence-electron chi connectivity index (χ3n) is 3.63. The molecule has 1 N–H and O–H groups in total. The number of Topliss-reactive ketones (excluding diaryl/α,β-unsaturated/α-hetero) is 1. The predicted molar refractivity (Wildman–Crippen MR) is 97.0 cm³/mol. The lowest BCUT2D eigenvalue weighted by atomic mass is 10.2. The number of aryl methyl sites for hydroxylation is 1. The quantitative estimate of drug-likeness (QED) is 0.672. The van der Waals surface area contributed by atoms with Gasteiger partial charge in [-0.3, -0.25) is 9.48 Å². The highest BCUT2D eigenvalue weighted by atomic mass is 32.2. The van der Waals surface area contributed by atoms with E-state index in [2.05, 4.69) is 9.82 Å². The Morgan fingerprint density at radius 2 is 1.92 bits per heavy atom. The average Bonchev–Trinajstić information content (AvgIpc) is 3.22. The van der Waals surface area contributed by atoms with Crippen LogP contribution in [0.5, 0.6) is 0 Å². The van der Waals surface area contributed by atoms with Crippen LogP contribution < -0.4 is 4.72 Å². The van der Waals surface area contributed by atoms with E-state index in [1.807, 2.05) is 6.07 Å². The Bertz CT molecular complexity index is 1000. The van der Waals surface area contributed by atoms with Crippen LogP contribution in [0.1, 0.15) is 22.2 Å². The van der Waals surface area contributed by atoms with Gasteiger partial charge in [0.1, 0.15) is 0 Å². The van der Waals surface area contributed by atoms with E-state index in [0.717, 1.165) is 16.0 Å². The average molecular weight is 375 g/mol. The van der Waals surface area contributed by atoms with Gasteiger partial charge in [0, 0.05) is 30.2 Å². The molecule has 130 valence electrons. The van der Waals surface area contributed by atoms with Crippen LogP contribution in [0.4, 0.5) is 0 Å². The predicted octanol–water partition coefficient (Wildman–Crippen LogP) is 2.83. The molecule has 0 spiro atoms. The molecular formula is C17H17N3O3S2. The second-order valence-electron chi connectivity index (χ2n) is 5.59. The molecule has 0 radical (unpaired) electrons. The standard InChI is InChI=1S/C17H17N3O3S2/c1-12(21)16-7-8-17(24-16)14-3-5-15(6-4-14)25(22,23)19-10-13-9-18-20(2)11-13/h3-9,11,19H,10H2,1-2H3. The Morgan fingerprint density at radius 1 is 1.20 bits per heavy atom. The van der Waals surface area contributed by atoms with E-state index in [9.17, 15) is 13.2 Å². The molecule has 0 atom stereocenters. The second-order valence-corrected chi connectivity index (χ2v) is 8.44. The Kier molecular flexibility index (Phi) is 4.85. The number of carbonyl (C=O) groups excluding carboxylic acids is 1. The smallest absolute Gasteiger partial charge is 0.240 e. The first-order chi connectivity index (χ1) is 11.8. The van der Waals surface area contributed by atoms with Crippen LogP contribution >= 0.6 is 11.3 Å². The molecule has 25 heavy (non-hydrogen) atoms. The minimum absolute atomic E-state index is 0.0232. The highest BCUT2D eigenvalue weighted by Crippen LogP contribution is 2.29. The molecule has 0 unspecified atom stereocenters. The summed E-state index contributed by atoms with van der Waals surface area (Å²) < 4.78 is 28.9. The SMILES string of the molecule is CC(=O)c1ccc(-c2ccc(S(=O)(=O)NCc3cnn(C)c3)cc2)s1. The van der Waals surface area contributed by atoms with Crippen molar-refractivity contribution in [2.75, 3.05) is 0 Å². The minimum Gasteiger partial charge on any atom is -0.294 e. The first kappa shape index (κ1) is 17.5. The fraction of sp³-hybridized carbons (Fsp3) is 0.176. The highest BCUT2D eigenvalue weighted by molar-refractivity contribution is 7.89. The molecule has 1 aromatic carbocycles. The molecule has 6 nitrogen and oxygen atoms in total. The molecule has 0 saturated carbocycles. The van der Waals surface area contributed by atoms with Crippen molar-refractivity contribution in [2.45, 2.75) is 18.4 Å². The molecule has 2 heterocycles. The molecule has 8 heteroatoms. The van der Waals surface area contributed by atoms with Gasteiger partial charge in [0.05, 0.1) is 16.0 Å². The monoisotopic (exact) mass is 375 g/mol. The van der Waals surface area contributed by atoms with Gasteiger partial charge in [-0.1, -0.05) is 12.1 Å². The number of sulfonamides is 1. The van der Waals surface area contributed by atoms with Crippen LogP contribution in [0.15, 0.2) is 53.7 Å². The van der Waals surface area contributed by atoms with Crippen molar-refractivity contribution in [3.63, 3.8) is 0 Å². The number of aromatic nitrogens is 2. The Labute approximate surface area is 150 Å². The molecule has 3 rings (SSSR count). The van der Waals surface area contributed by atoms with Crippen LogP contribution in [-0.4, -0.2) is 24.0 Å². The fourth-order valence-electron chi connectivity index (χ4n) is 2.31. The summed E-state index contributed by atoms with van der Waals surface area (Å²) in [6.45, 7) is 1.71. The van der Waals surface area contributed by atoms with E-state index < -0.39 is 10.0 Å².